The molecule has 4 heteroatoms. The Morgan fingerprint density at radius 1 is 0.760 bits per heavy atom. The van der Waals surface area contributed by atoms with Gasteiger partial charge in [0.25, 0.3) is 0 Å². The highest BCUT2D eigenvalue weighted by Crippen LogP contribution is 2.24. The van der Waals surface area contributed by atoms with Gasteiger partial charge in [-0.05, 0) is 48.5 Å². The van der Waals surface area contributed by atoms with E-state index in [1.165, 1.54) is 0 Å². The highest BCUT2D eigenvalue weighted by molar-refractivity contribution is 5.89. The van der Waals surface area contributed by atoms with Crippen LogP contribution in [0.5, 0.6) is 11.5 Å². The molecule has 1 saturated heterocycles. The molecule has 0 atom stereocenters. The number of ether oxygens (including phenoxy) is 1. The molecule has 4 rings (SSSR count). The average Bonchev–Trinajstić information content (AvgIpc) is 3.14. The second kappa shape index (κ2) is 7.09. The van der Waals surface area contributed by atoms with Crippen LogP contribution >= 0.6 is 0 Å². The molecule has 25 heavy (non-hydrogen) atoms. The second-order valence-electron chi connectivity index (χ2n) is 5.82. The maximum absolute atomic E-state index is 5.81. The van der Waals surface area contributed by atoms with E-state index in [0.29, 0.717) is 0 Å². The predicted octanol–water partition coefficient (Wildman–Crippen LogP) is 4.92. The molecule has 0 aromatic heterocycles. The monoisotopic (exact) mass is 329 g/mol. The first-order valence-electron chi connectivity index (χ1n) is 8.37. The number of hydrazine groups is 1. The molecule has 4 nitrogen and oxygen atoms in total. The number of amidine groups is 1. The van der Waals surface area contributed by atoms with E-state index in [9.17, 15) is 0 Å². The van der Waals surface area contributed by atoms with Crippen molar-refractivity contribution >= 4 is 17.2 Å². The van der Waals surface area contributed by atoms with E-state index in [-0.39, 0.29) is 0 Å². The third-order valence-corrected chi connectivity index (χ3v) is 3.98. The van der Waals surface area contributed by atoms with Gasteiger partial charge in [-0.3, -0.25) is 10.4 Å². The predicted molar refractivity (Wildman–Crippen MR) is 102 cm³/mol. The zero-order chi connectivity index (χ0) is 16.9. The van der Waals surface area contributed by atoms with E-state index < -0.39 is 0 Å². The summed E-state index contributed by atoms with van der Waals surface area (Å²) in [7, 11) is 0. The van der Waals surface area contributed by atoms with Gasteiger partial charge in [0.15, 0.2) is 0 Å². The van der Waals surface area contributed by atoms with Crippen LogP contribution in [0.25, 0.3) is 0 Å². The topological polar surface area (TPSA) is 36.9 Å². The number of nitrogens with zero attached hydrogens (tertiary/aromatic N) is 2. The molecule has 124 valence electrons. The number of hydrogen-bond acceptors (Lipinski definition) is 3. The van der Waals surface area contributed by atoms with Crippen LogP contribution in [-0.4, -0.2) is 12.4 Å². The molecule has 0 bridgehead atoms. The molecule has 1 heterocycles. The average molecular weight is 329 g/mol. The molecular formula is C21H19N3O. The Hall–Kier alpha value is -3.27. The van der Waals surface area contributed by atoms with Crippen molar-refractivity contribution in [2.45, 2.75) is 6.42 Å². The van der Waals surface area contributed by atoms with Gasteiger partial charge in [0.2, 0.25) is 0 Å². The fraction of sp³-hybridized carbons (Fsp3) is 0.0952. The van der Waals surface area contributed by atoms with Gasteiger partial charge in [0.1, 0.15) is 17.3 Å². The summed E-state index contributed by atoms with van der Waals surface area (Å²) in [6.45, 7) is 0.915. The van der Waals surface area contributed by atoms with E-state index in [4.69, 9.17) is 9.73 Å². The number of aliphatic imine (C=N–C) groups is 1. The molecule has 1 aliphatic heterocycles. The zero-order valence-electron chi connectivity index (χ0n) is 13.8. The van der Waals surface area contributed by atoms with E-state index in [2.05, 4.69) is 22.6 Å². The van der Waals surface area contributed by atoms with Gasteiger partial charge in [-0.2, -0.15) is 0 Å². The van der Waals surface area contributed by atoms with Crippen molar-refractivity contribution in [1.29, 1.82) is 0 Å². The van der Waals surface area contributed by atoms with Crippen molar-refractivity contribution in [2.75, 3.05) is 11.6 Å². The van der Waals surface area contributed by atoms with Crippen molar-refractivity contribution in [3.05, 3.63) is 84.9 Å². The van der Waals surface area contributed by atoms with E-state index >= 15 is 0 Å². The van der Waals surface area contributed by atoms with E-state index in [1.807, 2.05) is 72.8 Å². The molecule has 0 amide bonds. The lowest BCUT2D eigenvalue weighted by molar-refractivity contribution is 0.483. The molecule has 3 aromatic carbocycles. The van der Waals surface area contributed by atoms with Crippen molar-refractivity contribution in [1.82, 2.24) is 5.43 Å². The maximum Gasteiger partial charge on any atom is 0.127 e. The van der Waals surface area contributed by atoms with Crippen molar-refractivity contribution in [2.24, 2.45) is 4.99 Å². The summed E-state index contributed by atoms with van der Waals surface area (Å²) >= 11 is 0. The van der Waals surface area contributed by atoms with Crippen LogP contribution in [0.3, 0.4) is 0 Å². The van der Waals surface area contributed by atoms with Crippen LogP contribution in [0.2, 0.25) is 0 Å². The minimum Gasteiger partial charge on any atom is -0.457 e. The highest BCUT2D eigenvalue weighted by atomic mass is 16.5. The summed E-state index contributed by atoms with van der Waals surface area (Å²) in [5, 5.41) is 2.12. The Kier molecular flexibility index (Phi) is 4.33. The molecule has 3 aromatic rings. The molecule has 0 radical (unpaired) electrons. The summed E-state index contributed by atoms with van der Waals surface area (Å²) in [4.78, 5) is 4.69. The number of rotatable bonds is 4. The first-order chi connectivity index (χ1) is 12.4. The first kappa shape index (κ1) is 15.3. The number of benzene rings is 3. The first-order valence-corrected chi connectivity index (χ1v) is 8.37. The van der Waals surface area contributed by atoms with Crippen LogP contribution < -0.4 is 15.2 Å². The normalized spacial score (nSPS) is 15.2. The van der Waals surface area contributed by atoms with E-state index in [0.717, 1.165) is 41.7 Å². The fourth-order valence-electron chi connectivity index (χ4n) is 2.74. The smallest absolute Gasteiger partial charge is 0.127 e. The Balaban J connectivity index is 1.42. The Morgan fingerprint density at radius 3 is 2.12 bits per heavy atom. The maximum atomic E-state index is 5.81. The minimum atomic E-state index is 0.806. The summed E-state index contributed by atoms with van der Waals surface area (Å²) in [5.41, 5.74) is 5.43. The van der Waals surface area contributed by atoms with Gasteiger partial charge in [-0.15, -0.1) is 0 Å². The molecule has 1 N–H and O–H groups in total. The second-order valence-corrected chi connectivity index (χ2v) is 5.82. The summed E-state index contributed by atoms with van der Waals surface area (Å²) in [6, 6.07) is 27.9. The third kappa shape index (κ3) is 3.80. The molecule has 0 spiro atoms. The summed E-state index contributed by atoms with van der Waals surface area (Å²) in [6.07, 6.45) is 0.900. The van der Waals surface area contributed by atoms with Gasteiger partial charge in [0, 0.05) is 13.0 Å². The Morgan fingerprint density at radius 2 is 1.40 bits per heavy atom. The van der Waals surface area contributed by atoms with Crippen LogP contribution in [0, 0.1) is 0 Å². The lowest BCUT2D eigenvalue weighted by Crippen LogP contribution is -2.32. The summed E-state index contributed by atoms with van der Waals surface area (Å²) in [5.74, 6) is 2.61. The SMILES string of the molecule is c1ccc(Oc2ccc(N=C3CCN(c4ccccc4)N3)cc2)cc1. The van der Waals surface area contributed by atoms with Crippen LogP contribution in [0.1, 0.15) is 6.42 Å². The Labute approximate surface area is 147 Å². The zero-order valence-corrected chi connectivity index (χ0v) is 13.8. The van der Waals surface area contributed by atoms with Gasteiger partial charge >= 0.3 is 0 Å². The standard InChI is InChI=1S/C21H19N3O/c1-3-7-18(8-4-1)24-16-15-21(23-24)22-17-11-13-20(14-12-17)25-19-9-5-2-6-10-19/h1-14H,15-16H2,(H,22,23). The number of para-hydroxylation sites is 2. The van der Waals surface area contributed by atoms with Gasteiger partial charge < -0.3 is 4.74 Å². The number of hydrogen-bond donors (Lipinski definition) is 1. The van der Waals surface area contributed by atoms with Crippen molar-refractivity contribution in [3.8, 4) is 11.5 Å². The van der Waals surface area contributed by atoms with Crippen LogP contribution in [-0.2, 0) is 0 Å². The quantitative estimate of drug-likeness (QED) is 0.738. The molecule has 0 aliphatic carbocycles. The molecular weight excluding hydrogens is 310 g/mol. The fourth-order valence-corrected chi connectivity index (χ4v) is 2.74. The molecule has 1 fully saturated rings. The van der Waals surface area contributed by atoms with Crippen molar-refractivity contribution < 1.29 is 4.74 Å². The Bertz CT molecular complexity index is 845. The van der Waals surface area contributed by atoms with E-state index in [1.54, 1.807) is 0 Å². The van der Waals surface area contributed by atoms with Crippen LogP contribution in [0.15, 0.2) is 89.9 Å². The largest absolute Gasteiger partial charge is 0.457 e. The van der Waals surface area contributed by atoms with Crippen molar-refractivity contribution in [3.63, 3.8) is 0 Å². The minimum absolute atomic E-state index is 0.806. The van der Waals surface area contributed by atoms with Gasteiger partial charge in [0.05, 0.1) is 11.4 Å². The number of nitrogens with one attached hydrogen (secondary N) is 1. The third-order valence-electron chi connectivity index (χ3n) is 3.98. The summed E-state index contributed by atoms with van der Waals surface area (Å²) < 4.78 is 5.81. The lowest BCUT2D eigenvalue weighted by atomic mass is 10.3. The van der Waals surface area contributed by atoms with Gasteiger partial charge in [-0.25, -0.2) is 4.99 Å². The molecule has 0 saturated carbocycles. The number of anilines is 1. The highest BCUT2D eigenvalue weighted by Gasteiger charge is 2.17. The van der Waals surface area contributed by atoms with Crippen LogP contribution in [0.4, 0.5) is 11.4 Å². The van der Waals surface area contributed by atoms with Gasteiger partial charge in [-0.1, -0.05) is 36.4 Å². The lowest BCUT2D eigenvalue weighted by Gasteiger charge is -2.17. The molecule has 1 aliphatic rings. The molecule has 0 unspecified atom stereocenters.